The second-order valence-corrected chi connectivity index (χ2v) is 4.92. The predicted octanol–water partition coefficient (Wildman–Crippen LogP) is 2.90. The number of fused-ring (bicyclic) bond motifs is 3. The van der Waals surface area contributed by atoms with Crippen LogP contribution in [0, 0.1) is 0 Å². The second kappa shape index (κ2) is 4.72. The number of hydrogen-bond donors (Lipinski definition) is 1. The van der Waals surface area contributed by atoms with E-state index >= 15 is 0 Å². The summed E-state index contributed by atoms with van der Waals surface area (Å²) in [7, 11) is 0. The van der Waals surface area contributed by atoms with Gasteiger partial charge >= 0.3 is 0 Å². The van der Waals surface area contributed by atoms with Crippen LogP contribution in [0.1, 0.15) is 16.5 Å². The molecule has 2 aromatic rings. The number of ether oxygens (including phenoxy) is 1. The highest BCUT2D eigenvalue weighted by Crippen LogP contribution is 2.39. The first kappa shape index (κ1) is 11.9. The molecule has 0 fully saturated rings. The van der Waals surface area contributed by atoms with Crippen LogP contribution in [0.5, 0.6) is 0 Å². The lowest BCUT2D eigenvalue weighted by Gasteiger charge is -2.22. The summed E-state index contributed by atoms with van der Waals surface area (Å²) in [4.78, 5) is 1.46. The van der Waals surface area contributed by atoms with Gasteiger partial charge in [-0.1, -0.05) is 18.2 Å². The molecule has 2 heterocycles. The molecule has 86 valence electrons. The topological polar surface area (TPSA) is 35.2 Å². The van der Waals surface area contributed by atoms with Gasteiger partial charge in [-0.2, -0.15) is 0 Å². The summed E-state index contributed by atoms with van der Waals surface area (Å²) in [6.07, 6.45) is 1.13. The summed E-state index contributed by atoms with van der Waals surface area (Å²) in [6.45, 7) is 1.38. The first-order valence-corrected chi connectivity index (χ1v) is 6.04. The zero-order chi connectivity index (χ0) is 10.3. The van der Waals surface area contributed by atoms with E-state index in [0.29, 0.717) is 6.54 Å². The molecule has 1 aromatic carbocycles. The molecule has 1 aliphatic rings. The molecule has 4 heteroatoms. The molecular weight excluding hydrogens is 242 g/mol. The Balaban J connectivity index is 0.000000963. The van der Waals surface area contributed by atoms with Gasteiger partial charge in [0.1, 0.15) is 0 Å². The van der Waals surface area contributed by atoms with Gasteiger partial charge in [-0.05, 0) is 11.5 Å². The molecule has 0 saturated heterocycles. The SMILES string of the molecule is Cl.NCC1OCCc2sc3ccccc3c21. The number of nitrogens with two attached hydrogens (primary N) is 1. The highest BCUT2D eigenvalue weighted by molar-refractivity contribution is 7.19. The Kier molecular flexibility index (Phi) is 3.50. The van der Waals surface area contributed by atoms with Crippen molar-refractivity contribution < 1.29 is 4.74 Å². The first-order valence-electron chi connectivity index (χ1n) is 5.22. The van der Waals surface area contributed by atoms with Gasteiger partial charge in [-0.15, -0.1) is 23.7 Å². The second-order valence-electron chi connectivity index (χ2n) is 3.78. The molecule has 0 radical (unpaired) electrons. The Morgan fingerprint density at radius 2 is 2.19 bits per heavy atom. The molecule has 1 atom stereocenters. The van der Waals surface area contributed by atoms with Crippen LogP contribution in [-0.2, 0) is 11.2 Å². The molecule has 0 amide bonds. The number of hydrogen-bond acceptors (Lipinski definition) is 3. The minimum Gasteiger partial charge on any atom is -0.372 e. The summed E-state index contributed by atoms with van der Waals surface area (Å²) in [5.74, 6) is 0. The van der Waals surface area contributed by atoms with Crippen molar-refractivity contribution in [1.82, 2.24) is 0 Å². The van der Waals surface area contributed by atoms with E-state index in [2.05, 4.69) is 24.3 Å². The van der Waals surface area contributed by atoms with Crippen molar-refractivity contribution in [2.24, 2.45) is 5.73 Å². The average molecular weight is 256 g/mol. The number of halogens is 1. The molecule has 0 saturated carbocycles. The van der Waals surface area contributed by atoms with Gasteiger partial charge in [0.2, 0.25) is 0 Å². The van der Waals surface area contributed by atoms with Gasteiger partial charge in [-0.3, -0.25) is 0 Å². The van der Waals surface area contributed by atoms with Crippen LogP contribution in [-0.4, -0.2) is 13.2 Å². The minimum atomic E-state index is 0. The van der Waals surface area contributed by atoms with Gasteiger partial charge in [0, 0.05) is 28.1 Å². The van der Waals surface area contributed by atoms with Crippen molar-refractivity contribution in [3.8, 4) is 0 Å². The van der Waals surface area contributed by atoms with E-state index < -0.39 is 0 Å². The monoisotopic (exact) mass is 255 g/mol. The number of thiophene rings is 1. The fraction of sp³-hybridized carbons (Fsp3) is 0.333. The zero-order valence-corrected chi connectivity index (χ0v) is 10.4. The van der Waals surface area contributed by atoms with Gasteiger partial charge in [0.15, 0.2) is 0 Å². The van der Waals surface area contributed by atoms with Crippen LogP contribution in [0.4, 0.5) is 0 Å². The Bertz CT molecular complexity index is 497. The summed E-state index contributed by atoms with van der Waals surface area (Å²) >= 11 is 1.88. The molecule has 1 unspecified atom stereocenters. The van der Waals surface area contributed by atoms with E-state index in [-0.39, 0.29) is 18.5 Å². The highest BCUT2D eigenvalue weighted by atomic mass is 35.5. The Labute approximate surface area is 105 Å². The van der Waals surface area contributed by atoms with Crippen molar-refractivity contribution >= 4 is 33.8 Å². The van der Waals surface area contributed by atoms with Gasteiger partial charge in [-0.25, -0.2) is 0 Å². The van der Waals surface area contributed by atoms with E-state index in [1.165, 1.54) is 20.5 Å². The summed E-state index contributed by atoms with van der Waals surface area (Å²) in [5, 5.41) is 1.33. The molecule has 0 spiro atoms. The number of benzene rings is 1. The summed E-state index contributed by atoms with van der Waals surface area (Å²) in [6, 6.07) is 8.51. The van der Waals surface area contributed by atoms with Crippen molar-refractivity contribution in [2.45, 2.75) is 12.5 Å². The van der Waals surface area contributed by atoms with E-state index in [4.69, 9.17) is 10.5 Å². The van der Waals surface area contributed by atoms with Crippen molar-refractivity contribution in [3.05, 3.63) is 34.7 Å². The van der Waals surface area contributed by atoms with Crippen LogP contribution in [0.25, 0.3) is 10.1 Å². The lowest BCUT2D eigenvalue weighted by molar-refractivity contribution is 0.0508. The van der Waals surface area contributed by atoms with Crippen LogP contribution in [0.2, 0.25) is 0 Å². The molecule has 2 N–H and O–H groups in total. The molecule has 1 aliphatic heterocycles. The quantitative estimate of drug-likeness (QED) is 0.851. The predicted molar refractivity (Wildman–Crippen MR) is 70.5 cm³/mol. The summed E-state index contributed by atoms with van der Waals surface area (Å²) in [5.41, 5.74) is 7.09. The van der Waals surface area contributed by atoms with Gasteiger partial charge < -0.3 is 10.5 Å². The summed E-state index contributed by atoms with van der Waals surface area (Å²) < 4.78 is 7.05. The van der Waals surface area contributed by atoms with E-state index in [1.807, 2.05) is 11.3 Å². The standard InChI is InChI=1S/C12H13NOS.ClH/c13-7-9-12-8-3-1-2-4-10(8)15-11(12)5-6-14-9;/h1-4,9H,5-7,13H2;1H. The van der Waals surface area contributed by atoms with Crippen molar-refractivity contribution in [1.29, 1.82) is 0 Å². The largest absolute Gasteiger partial charge is 0.372 e. The number of rotatable bonds is 1. The third-order valence-corrected chi connectivity index (χ3v) is 4.14. The van der Waals surface area contributed by atoms with E-state index in [0.717, 1.165) is 13.0 Å². The maximum Gasteiger partial charge on any atom is 0.0963 e. The first-order chi connectivity index (χ1) is 7.40. The fourth-order valence-corrected chi connectivity index (χ4v) is 3.45. The maximum atomic E-state index is 5.75. The lowest BCUT2D eigenvalue weighted by atomic mass is 10.0. The molecule has 3 rings (SSSR count). The Morgan fingerprint density at radius 1 is 1.38 bits per heavy atom. The third kappa shape index (κ3) is 1.74. The third-order valence-electron chi connectivity index (χ3n) is 2.90. The normalized spacial score (nSPS) is 19.2. The van der Waals surface area contributed by atoms with Crippen LogP contribution < -0.4 is 5.73 Å². The van der Waals surface area contributed by atoms with Crippen LogP contribution in [0.15, 0.2) is 24.3 Å². The maximum absolute atomic E-state index is 5.75. The molecule has 0 bridgehead atoms. The van der Waals surface area contributed by atoms with Crippen molar-refractivity contribution in [2.75, 3.05) is 13.2 Å². The highest BCUT2D eigenvalue weighted by Gasteiger charge is 2.24. The van der Waals surface area contributed by atoms with E-state index in [9.17, 15) is 0 Å². The zero-order valence-electron chi connectivity index (χ0n) is 8.81. The van der Waals surface area contributed by atoms with Gasteiger partial charge in [0.25, 0.3) is 0 Å². The molecule has 0 aliphatic carbocycles. The molecule has 16 heavy (non-hydrogen) atoms. The molecular formula is C12H14ClNOS. The minimum absolute atomic E-state index is 0. The van der Waals surface area contributed by atoms with Crippen LogP contribution in [0.3, 0.4) is 0 Å². The molecule has 1 aromatic heterocycles. The fourth-order valence-electron chi connectivity index (χ4n) is 2.22. The average Bonchev–Trinajstić information content (AvgIpc) is 2.67. The lowest BCUT2D eigenvalue weighted by Crippen LogP contribution is -2.21. The Morgan fingerprint density at radius 3 is 3.00 bits per heavy atom. The van der Waals surface area contributed by atoms with E-state index in [1.54, 1.807) is 0 Å². The molecule has 2 nitrogen and oxygen atoms in total. The smallest absolute Gasteiger partial charge is 0.0963 e. The van der Waals surface area contributed by atoms with Crippen molar-refractivity contribution in [3.63, 3.8) is 0 Å². The van der Waals surface area contributed by atoms with Crippen LogP contribution >= 0.6 is 23.7 Å². The van der Waals surface area contributed by atoms with Gasteiger partial charge in [0.05, 0.1) is 12.7 Å². The Hall–Kier alpha value is -0.610.